The average molecular weight is 331 g/mol. The van der Waals surface area contributed by atoms with Gasteiger partial charge in [-0.2, -0.15) is 16.7 Å². The first kappa shape index (κ1) is 16.1. The molecule has 0 radical (unpaired) electrons. The van der Waals surface area contributed by atoms with E-state index in [0.717, 1.165) is 24.3 Å². The molecule has 0 N–H and O–H groups in total. The van der Waals surface area contributed by atoms with Gasteiger partial charge in [0.05, 0.1) is 5.92 Å². The second-order valence-corrected chi connectivity index (χ2v) is 6.63. The molecule has 5 nitrogen and oxygen atoms in total. The maximum Gasteiger partial charge on any atom is 0.231 e. The van der Waals surface area contributed by atoms with Crippen LogP contribution in [0.4, 0.5) is 0 Å². The third-order valence-corrected chi connectivity index (χ3v) is 4.78. The number of thioether (sulfide) groups is 1. The van der Waals surface area contributed by atoms with Crippen LogP contribution < -0.4 is 0 Å². The number of likely N-dealkylation sites (tertiary alicyclic amines) is 1. The fourth-order valence-electron chi connectivity index (χ4n) is 2.85. The number of hydrogen-bond donors (Lipinski definition) is 0. The minimum Gasteiger partial charge on any atom is -0.342 e. The van der Waals surface area contributed by atoms with Gasteiger partial charge in [-0.15, -0.1) is 0 Å². The smallest absolute Gasteiger partial charge is 0.231 e. The number of aromatic nitrogens is 2. The standard InChI is InChI=1S/C17H21N3O2S/c1-3-15(21)20-9-8-14(10-20)17-18-16(19-22-17)13-6-4-12(5-7-13)11-23-2/h4-7,14H,3,8-11H2,1-2H3/t14-/m1/s1. The predicted molar refractivity (Wildman–Crippen MR) is 91.2 cm³/mol. The molecule has 122 valence electrons. The van der Waals surface area contributed by atoms with E-state index in [1.807, 2.05) is 24.0 Å². The zero-order valence-corrected chi connectivity index (χ0v) is 14.3. The molecule has 23 heavy (non-hydrogen) atoms. The molecule has 1 aliphatic rings. The second-order valence-electron chi connectivity index (χ2n) is 5.77. The van der Waals surface area contributed by atoms with Crippen LogP contribution in [0.1, 0.15) is 37.1 Å². The fourth-order valence-corrected chi connectivity index (χ4v) is 3.37. The second kappa shape index (κ2) is 7.17. The molecule has 0 unspecified atom stereocenters. The van der Waals surface area contributed by atoms with Crippen LogP contribution in [-0.4, -0.2) is 40.3 Å². The number of hydrogen-bond acceptors (Lipinski definition) is 5. The van der Waals surface area contributed by atoms with E-state index in [1.165, 1.54) is 5.56 Å². The molecule has 1 aromatic carbocycles. The lowest BCUT2D eigenvalue weighted by molar-refractivity contribution is -0.129. The Hall–Kier alpha value is -1.82. The van der Waals surface area contributed by atoms with Crippen LogP contribution in [0.25, 0.3) is 11.4 Å². The molecule has 1 amide bonds. The van der Waals surface area contributed by atoms with Crippen molar-refractivity contribution >= 4 is 17.7 Å². The van der Waals surface area contributed by atoms with Crippen molar-refractivity contribution in [1.82, 2.24) is 15.0 Å². The first-order chi connectivity index (χ1) is 11.2. The summed E-state index contributed by atoms with van der Waals surface area (Å²) in [6, 6.07) is 8.25. The van der Waals surface area contributed by atoms with Gasteiger partial charge in [0.1, 0.15) is 0 Å². The molecule has 1 saturated heterocycles. The Bertz CT molecular complexity index is 669. The third-order valence-electron chi connectivity index (χ3n) is 4.16. The molecule has 0 spiro atoms. The van der Waals surface area contributed by atoms with Crippen molar-refractivity contribution in [1.29, 1.82) is 0 Å². The van der Waals surface area contributed by atoms with Crippen LogP contribution in [0.15, 0.2) is 28.8 Å². The van der Waals surface area contributed by atoms with Gasteiger partial charge < -0.3 is 9.42 Å². The largest absolute Gasteiger partial charge is 0.342 e. The highest BCUT2D eigenvalue weighted by Crippen LogP contribution is 2.28. The van der Waals surface area contributed by atoms with Crippen LogP contribution in [0.2, 0.25) is 0 Å². The number of nitrogens with zero attached hydrogens (tertiary/aromatic N) is 3. The van der Waals surface area contributed by atoms with Gasteiger partial charge in [-0.1, -0.05) is 36.3 Å². The van der Waals surface area contributed by atoms with Crippen molar-refractivity contribution in [3.05, 3.63) is 35.7 Å². The van der Waals surface area contributed by atoms with Crippen LogP contribution in [0.5, 0.6) is 0 Å². The Morgan fingerprint density at radius 3 is 2.87 bits per heavy atom. The Kier molecular flexibility index (Phi) is 5.00. The molecule has 6 heteroatoms. The quantitative estimate of drug-likeness (QED) is 0.841. The summed E-state index contributed by atoms with van der Waals surface area (Å²) in [5.41, 5.74) is 2.25. The first-order valence-corrected chi connectivity index (χ1v) is 9.30. The van der Waals surface area contributed by atoms with Gasteiger partial charge in [0.15, 0.2) is 0 Å². The van der Waals surface area contributed by atoms with Crippen molar-refractivity contribution in [2.45, 2.75) is 31.4 Å². The first-order valence-electron chi connectivity index (χ1n) is 7.91. The lowest BCUT2D eigenvalue weighted by atomic mass is 10.1. The van der Waals surface area contributed by atoms with Crippen LogP contribution >= 0.6 is 11.8 Å². The summed E-state index contributed by atoms with van der Waals surface area (Å²) >= 11 is 1.80. The number of rotatable bonds is 5. The van der Waals surface area contributed by atoms with E-state index in [9.17, 15) is 4.79 Å². The monoisotopic (exact) mass is 331 g/mol. The number of carbonyl (C=O) groups excluding carboxylic acids is 1. The summed E-state index contributed by atoms with van der Waals surface area (Å²) < 4.78 is 5.44. The van der Waals surface area contributed by atoms with Gasteiger partial charge >= 0.3 is 0 Å². The summed E-state index contributed by atoms with van der Waals surface area (Å²) in [7, 11) is 0. The van der Waals surface area contributed by atoms with Crippen LogP contribution in [0.3, 0.4) is 0 Å². The van der Waals surface area contributed by atoms with E-state index >= 15 is 0 Å². The van der Waals surface area contributed by atoms with Gasteiger partial charge in [0, 0.05) is 30.8 Å². The van der Waals surface area contributed by atoms with Crippen LogP contribution in [0, 0.1) is 0 Å². The highest BCUT2D eigenvalue weighted by Gasteiger charge is 2.30. The molecule has 0 bridgehead atoms. The third kappa shape index (κ3) is 3.58. The highest BCUT2D eigenvalue weighted by molar-refractivity contribution is 7.97. The lowest BCUT2D eigenvalue weighted by Gasteiger charge is -2.13. The molecule has 0 aliphatic carbocycles. The Morgan fingerprint density at radius 2 is 2.17 bits per heavy atom. The molecule has 3 rings (SSSR count). The minimum atomic E-state index is 0.155. The zero-order valence-electron chi connectivity index (χ0n) is 13.5. The lowest BCUT2D eigenvalue weighted by Crippen LogP contribution is -2.27. The summed E-state index contributed by atoms with van der Waals surface area (Å²) in [5, 5.41) is 4.10. The van der Waals surface area contributed by atoms with E-state index in [4.69, 9.17) is 4.52 Å². The number of amides is 1. The van der Waals surface area contributed by atoms with Crippen molar-refractivity contribution < 1.29 is 9.32 Å². The van der Waals surface area contributed by atoms with E-state index in [0.29, 0.717) is 24.7 Å². The molecule has 2 heterocycles. The molecule has 0 saturated carbocycles. The molecular formula is C17H21N3O2S. The Morgan fingerprint density at radius 1 is 1.39 bits per heavy atom. The van der Waals surface area contributed by atoms with Gasteiger partial charge in [-0.25, -0.2) is 0 Å². The van der Waals surface area contributed by atoms with E-state index < -0.39 is 0 Å². The van der Waals surface area contributed by atoms with Gasteiger partial charge in [-0.05, 0) is 18.2 Å². The van der Waals surface area contributed by atoms with Gasteiger partial charge in [0.25, 0.3) is 0 Å². The van der Waals surface area contributed by atoms with Crippen molar-refractivity contribution in [2.24, 2.45) is 0 Å². The summed E-state index contributed by atoms with van der Waals surface area (Å²) in [4.78, 5) is 18.2. The zero-order chi connectivity index (χ0) is 16.2. The molecule has 1 aliphatic heterocycles. The summed E-state index contributed by atoms with van der Waals surface area (Å²) in [6.45, 7) is 3.35. The average Bonchev–Trinajstić information content (AvgIpc) is 3.24. The van der Waals surface area contributed by atoms with Crippen molar-refractivity contribution in [2.75, 3.05) is 19.3 Å². The molecule has 1 atom stereocenters. The highest BCUT2D eigenvalue weighted by atomic mass is 32.2. The van der Waals surface area contributed by atoms with E-state index in [-0.39, 0.29) is 11.8 Å². The fraction of sp³-hybridized carbons (Fsp3) is 0.471. The van der Waals surface area contributed by atoms with Crippen molar-refractivity contribution in [3.63, 3.8) is 0 Å². The molecule has 2 aromatic rings. The molecule has 1 aromatic heterocycles. The van der Waals surface area contributed by atoms with E-state index in [1.54, 1.807) is 11.8 Å². The number of carbonyl (C=O) groups is 1. The summed E-state index contributed by atoms with van der Waals surface area (Å²) in [6.07, 6.45) is 3.53. The number of benzene rings is 1. The van der Waals surface area contributed by atoms with Gasteiger partial charge in [0.2, 0.25) is 17.6 Å². The van der Waals surface area contributed by atoms with Crippen molar-refractivity contribution in [3.8, 4) is 11.4 Å². The minimum absolute atomic E-state index is 0.155. The Balaban J connectivity index is 1.70. The molecule has 1 fully saturated rings. The molecular weight excluding hydrogens is 310 g/mol. The summed E-state index contributed by atoms with van der Waals surface area (Å²) in [5.74, 6) is 2.61. The maximum atomic E-state index is 11.8. The maximum absolute atomic E-state index is 11.8. The SMILES string of the molecule is CCC(=O)N1CC[C@@H](c2nc(-c3ccc(CSC)cc3)no2)C1. The Labute approximate surface area is 140 Å². The van der Waals surface area contributed by atoms with Crippen LogP contribution in [-0.2, 0) is 10.5 Å². The van der Waals surface area contributed by atoms with E-state index in [2.05, 4.69) is 28.5 Å². The topological polar surface area (TPSA) is 59.2 Å². The van der Waals surface area contributed by atoms with Gasteiger partial charge in [-0.3, -0.25) is 4.79 Å². The predicted octanol–water partition coefficient (Wildman–Crippen LogP) is 3.33. The normalized spacial score (nSPS) is 17.7.